The topological polar surface area (TPSA) is 57.6 Å². The fourth-order valence-corrected chi connectivity index (χ4v) is 2.49. The number of hydrogen-bond acceptors (Lipinski definition) is 2. The highest BCUT2D eigenvalue weighted by atomic mass is 16.4. The molecular weight excluding hydrogens is 254 g/mol. The molecule has 1 rings (SSSR count). The van der Waals surface area contributed by atoms with E-state index in [-0.39, 0.29) is 11.8 Å². The number of rotatable bonds is 8. The highest BCUT2D eigenvalue weighted by molar-refractivity contribution is 5.86. The molecule has 0 aromatic heterocycles. The average Bonchev–Trinajstić information content (AvgIpc) is 2.25. The third-order valence-corrected chi connectivity index (χ3v) is 4.17. The molecule has 0 aromatic rings. The Morgan fingerprint density at radius 2 is 1.45 bits per heavy atom. The van der Waals surface area contributed by atoms with Crippen molar-refractivity contribution in [3.05, 3.63) is 0 Å². The normalized spacial score (nSPS) is 21.9. The first-order valence-electron chi connectivity index (χ1n) is 7.84. The highest BCUT2D eigenvalue weighted by Gasteiger charge is 2.42. The second-order valence-electron chi connectivity index (χ2n) is 6.82. The van der Waals surface area contributed by atoms with Crippen LogP contribution in [0, 0.1) is 23.7 Å². The maximum Gasteiger partial charge on any atom is 0.307 e. The number of aliphatic carboxylic acids is 1. The van der Waals surface area contributed by atoms with Gasteiger partial charge in [-0.1, -0.05) is 27.7 Å². The van der Waals surface area contributed by atoms with Crippen molar-refractivity contribution < 1.29 is 14.7 Å². The molecule has 1 amide bonds. The molecule has 0 radical (unpaired) electrons. The van der Waals surface area contributed by atoms with E-state index in [0.717, 1.165) is 32.4 Å². The van der Waals surface area contributed by atoms with Gasteiger partial charge in [0.05, 0.1) is 11.8 Å². The van der Waals surface area contributed by atoms with Crippen LogP contribution in [0.3, 0.4) is 0 Å². The first kappa shape index (κ1) is 17.0. The summed E-state index contributed by atoms with van der Waals surface area (Å²) in [7, 11) is 0. The van der Waals surface area contributed by atoms with Crippen LogP contribution in [0.2, 0.25) is 0 Å². The molecule has 0 saturated heterocycles. The van der Waals surface area contributed by atoms with Crippen LogP contribution in [0.4, 0.5) is 0 Å². The molecule has 1 saturated carbocycles. The van der Waals surface area contributed by atoms with Crippen LogP contribution in [0.5, 0.6) is 0 Å². The molecule has 4 heteroatoms. The molecule has 2 atom stereocenters. The third kappa shape index (κ3) is 4.80. The lowest BCUT2D eigenvalue weighted by Crippen LogP contribution is -2.47. The Balaban J connectivity index is 2.60. The van der Waals surface area contributed by atoms with Crippen molar-refractivity contribution in [1.29, 1.82) is 0 Å². The van der Waals surface area contributed by atoms with Crippen LogP contribution in [0.25, 0.3) is 0 Å². The van der Waals surface area contributed by atoms with Gasteiger partial charge in [-0.3, -0.25) is 9.59 Å². The van der Waals surface area contributed by atoms with Crippen molar-refractivity contribution in [3.63, 3.8) is 0 Å². The van der Waals surface area contributed by atoms with Crippen molar-refractivity contribution in [2.45, 2.75) is 53.4 Å². The molecule has 4 nitrogen and oxygen atoms in total. The molecule has 0 heterocycles. The maximum absolute atomic E-state index is 12.5. The fourth-order valence-electron chi connectivity index (χ4n) is 2.49. The number of amides is 1. The summed E-state index contributed by atoms with van der Waals surface area (Å²) in [5, 5.41) is 9.10. The summed E-state index contributed by atoms with van der Waals surface area (Å²) in [6.45, 7) is 10.1. The van der Waals surface area contributed by atoms with E-state index in [0.29, 0.717) is 18.3 Å². The molecular formula is C16H29NO3. The van der Waals surface area contributed by atoms with Crippen molar-refractivity contribution in [2.75, 3.05) is 13.1 Å². The lowest BCUT2D eigenvalue weighted by molar-refractivity contribution is -0.156. The second kappa shape index (κ2) is 7.65. The second-order valence-corrected chi connectivity index (χ2v) is 6.82. The van der Waals surface area contributed by atoms with Crippen molar-refractivity contribution in [3.8, 4) is 0 Å². The molecule has 1 fully saturated rings. The standard InChI is InChI=1S/C16H29NO3/c1-11(2)7-9-17(10-8-12(3)4)15(18)13-5-6-14(13)16(19)20/h11-14H,5-10H2,1-4H3,(H,19,20). The van der Waals surface area contributed by atoms with E-state index in [1.165, 1.54) is 0 Å². The SMILES string of the molecule is CC(C)CCN(CCC(C)C)C(=O)C1CCC1C(=O)O. The monoisotopic (exact) mass is 283 g/mol. The third-order valence-electron chi connectivity index (χ3n) is 4.17. The molecule has 1 N–H and O–H groups in total. The Bertz CT molecular complexity index is 327. The van der Waals surface area contributed by atoms with Gasteiger partial charge in [0.25, 0.3) is 0 Å². The quantitative estimate of drug-likeness (QED) is 0.745. The zero-order chi connectivity index (χ0) is 15.3. The van der Waals surface area contributed by atoms with Crippen molar-refractivity contribution in [1.82, 2.24) is 4.90 Å². The molecule has 0 aliphatic heterocycles. The van der Waals surface area contributed by atoms with Crippen LogP contribution in [-0.4, -0.2) is 35.0 Å². The number of carbonyl (C=O) groups is 2. The fraction of sp³-hybridized carbons (Fsp3) is 0.875. The number of carbonyl (C=O) groups excluding carboxylic acids is 1. The maximum atomic E-state index is 12.5. The molecule has 1 aliphatic rings. The van der Waals surface area contributed by atoms with Gasteiger partial charge in [-0.2, -0.15) is 0 Å². The summed E-state index contributed by atoms with van der Waals surface area (Å²) >= 11 is 0. The van der Waals surface area contributed by atoms with Gasteiger partial charge in [-0.15, -0.1) is 0 Å². The average molecular weight is 283 g/mol. The zero-order valence-electron chi connectivity index (χ0n) is 13.3. The Hall–Kier alpha value is -1.06. The van der Waals surface area contributed by atoms with Gasteiger partial charge in [-0.25, -0.2) is 0 Å². The predicted molar refractivity (Wildman–Crippen MR) is 79.3 cm³/mol. The molecule has 20 heavy (non-hydrogen) atoms. The summed E-state index contributed by atoms with van der Waals surface area (Å²) in [5.74, 6) is -0.385. The number of carboxylic acids is 1. The van der Waals surface area contributed by atoms with E-state index in [9.17, 15) is 9.59 Å². The zero-order valence-corrected chi connectivity index (χ0v) is 13.3. The summed E-state index contributed by atoms with van der Waals surface area (Å²) in [6, 6.07) is 0. The Morgan fingerprint density at radius 1 is 1.00 bits per heavy atom. The Morgan fingerprint density at radius 3 is 1.75 bits per heavy atom. The smallest absolute Gasteiger partial charge is 0.307 e. The van der Waals surface area contributed by atoms with Gasteiger partial charge >= 0.3 is 5.97 Å². The van der Waals surface area contributed by atoms with Gasteiger partial charge in [0.1, 0.15) is 0 Å². The van der Waals surface area contributed by atoms with Crippen molar-refractivity contribution in [2.24, 2.45) is 23.7 Å². The largest absolute Gasteiger partial charge is 0.481 e. The first-order valence-corrected chi connectivity index (χ1v) is 7.84. The van der Waals surface area contributed by atoms with Gasteiger partial charge < -0.3 is 10.0 Å². The van der Waals surface area contributed by atoms with Gasteiger partial charge in [0, 0.05) is 13.1 Å². The number of hydrogen-bond donors (Lipinski definition) is 1. The molecule has 116 valence electrons. The molecule has 0 bridgehead atoms. The minimum Gasteiger partial charge on any atom is -0.481 e. The molecule has 0 aromatic carbocycles. The van der Waals surface area contributed by atoms with Crippen LogP contribution in [-0.2, 0) is 9.59 Å². The van der Waals surface area contributed by atoms with Crippen LogP contribution < -0.4 is 0 Å². The van der Waals surface area contributed by atoms with Crippen LogP contribution in [0.15, 0.2) is 0 Å². The van der Waals surface area contributed by atoms with Crippen LogP contribution >= 0.6 is 0 Å². The van der Waals surface area contributed by atoms with E-state index in [1.807, 2.05) is 4.90 Å². The summed E-state index contributed by atoms with van der Waals surface area (Å²) in [6.07, 6.45) is 3.34. The lowest BCUT2D eigenvalue weighted by atomic mass is 9.73. The van der Waals surface area contributed by atoms with Gasteiger partial charge in [-0.05, 0) is 37.5 Å². The van der Waals surface area contributed by atoms with Crippen LogP contribution in [0.1, 0.15) is 53.4 Å². The minimum absolute atomic E-state index is 0.0601. The molecule has 1 aliphatic carbocycles. The van der Waals surface area contributed by atoms with E-state index in [2.05, 4.69) is 27.7 Å². The van der Waals surface area contributed by atoms with Gasteiger partial charge in [0.2, 0.25) is 5.91 Å². The highest BCUT2D eigenvalue weighted by Crippen LogP contribution is 2.36. The predicted octanol–water partition coefficient (Wildman–Crippen LogP) is 3.02. The summed E-state index contributed by atoms with van der Waals surface area (Å²) in [4.78, 5) is 25.5. The summed E-state index contributed by atoms with van der Waals surface area (Å²) < 4.78 is 0. The van der Waals surface area contributed by atoms with E-state index in [4.69, 9.17) is 5.11 Å². The Kier molecular flexibility index (Phi) is 6.50. The van der Waals surface area contributed by atoms with E-state index < -0.39 is 11.9 Å². The van der Waals surface area contributed by atoms with Crippen molar-refractivity contribution >= 4 is 11.9 Å². The minimum atomic E-state index is -0.817. The summed E-state index contributed by atoms with van der Waals surface area (Å²) in [5.41, 5.74) is 0. The number of nitrogens with zero attached hydrogens (tertiary/aromatic N) is 1. The first-order chi connectivity index (χ1) is 9.32. The van der Waals surface area contributed by atoms with E-state index >= 15 is 0 Å². The number of carboxylic acid groups (broad SMARTS) is 1. The lowest BCUT2D eigenvalue weighted by Gasteiger charge is -2.37. The molecule has 2 unspecified atom stereocenters. The molecule has 0 spiro atoms. The van der Waals surface area contributed by atoms with Gasteiger partial charge in [0.15, 0.2) is 0 Å². The Labute approximate surface area is 122 Å². The van der Waals surface area contributed by atoms with E-state index in [1.54, 1.807) is 0 Å².